The number of benzene rings is 2. The Morgan fingerprint density at radius 2 is 2.05 bits per heavy atom. The molecule has 2 unspecified atom stereocenters. The van der Waals surface area contributed by atoms with Crippen molar-refractivity contribution in [1.29, 1.82) is 0 Å². The zero-order valence-electron chi connectivity index (χ0n) is 11.8. The Bertz CT molecular complexity index is 653. The van der Waals surface area contributed by atoms with Gasteiger partial charge in [0, 0.05) is 13.0 Å². The molecule has 3 nitrogen and oxygen atoms in total. The van der Waals surface area contributed by atoms with Crippen molar-refractivity contribution in [2.75, 3.05) is 6.54 Å². The first-order chi connectivity index (χ1) is 10.0. The summed E-state index contributed by atoms with van der Waals surface area (Å²) in [4.78, 5) is 0. The molecule has 4 heteroatoms. The molecule has 110 valence electrons. The molecular weight excluding hydrogens is 269 g/mol. The van der Waals surface area contributed by atoms with Crippen molar-refractivity contribution in [2.24, 2.45) is 5.73 Å². The summed E-state index contributed by atoms with van der Waals surface area (Å²) in [6.07, 6.45) is -0.244. The van der Waals surface area contributed by atoms with Gasteiger partial charge in [-0.15, -0.1) is 0 Å². The van der Waals surface area contributed by atoms with Crippen LogP contribution in [-0.2, 0) is 6.42 Å². The van der Waals surface area contributed by atoms with E-state index in [0.717, 1.165) is 11.1 Å². The Hall–Kier alpha value is -1.91. The van der Waals surface area contributed by atoms with E-state index < -0.39 is 17.5 Å². The van der Waals surface area contributed by atoms with Gasteiger partial charge in [0.2, 0.25) is 0 Å². The quantitative estimate of drug-likeness (QED) is 0.912. The predicted octanol–water partition coefficient (Wildman–Crippen LogP) is 2.50. The molecule has 0 radical (unpaired) electrons. The van der Waals surface area contributed by atoms with Gasteiger partial charge < -0.3 is 15.6 Å². The van der Waals surface area contributed by atoms with Gasteiger partial charge in [-0.1, -0.05) is 36.4 Å². The summed E-state index contributed by atoms with van der Waals surface area (Å²) >= 11 is 0. The highest BCUT2D eigenvalue weighted by Gasteiger charge is 2.46. The van der Waals surface area contributed by atoms with Gasteiger partial charge in [-0.3, -0.25) is 0 Å². The van der Waals surface area contributed by atoms with Crippen molar-refractivity contribution in [2.45, 2.75) is 25.0 Å². The largest absolute Gasteiger partial charge is 0.479 e. The minimum atomic E-state index is -1.21. The van der Waals surface area contributed by atoms with Gasteiger partial charge in [0.15, 0.2) is 17.7 Å². The molecule has 0 aromatic heterocycles. The van der Waals surface area contributed by atoms with Crippen molar-refractivity contribution in [3.8, 4) is 5.75 Å². The number of aryl methyl sites for hydroxylation is 1. The molecule has 0 bridgehead atoms. The van der Waals surface area contributed by atoms with Crippen LogP contribution in [0.4, 0.5) is 4.39 Å². The summed E-state index contributed by atoms with van der Waals surface area (Å²) in [5.74, 6) is -0.259. The first kappa shape index (κ1) is 14.0. The number of nitrogens with two attached hydrogens (primary N) is 1. The first-order valence-electron chi connectivity index (χ1n) is 6.97. The highest BCUT2D eigenvalue weighted by Crippen LogP contribution is 2.42. The van der Waals surface area contributed by atoms with Crippen LogP contribution in [0.2, 0.25) is 0 Å². The van der Waals surface area contributed by atoms with Crippen LogP contribution >= 0.6 is 0 Å². The second kappa shape index (κ2) is 5.13. The van der Waals surface area contributed by atoms with E-state index in [1.165, 1.54) is 6.07 Å². The fourth-order valence-electron chi connectivity index (χ4n) is 2.90. The van der Waals surface area contributed by atoms with Crippen molar-refractivity contribution in [3.05, 3.63) is 65.0 Å². The molecular formula is C17H18FNO2. The fraction of sp³-hybridized carbons (Fsp3) is 0.294. The minimum absolute atomic E-state index is 0.0554. The summed E-state index contributed by atoms with van der Waals surface area (Å²) in [6, 6.07) is 12.4. The summed E-state index contributed by atoms with van der Waals surface area (Å²) in [6.45, 7) is 1.83. The molecule has 0 saturated carbocycles. The van der Waals surface area contributed by atoms with Crippen LogP contribution in [0.1, 0.15) is 22.8 Å². The molecule has 21 heavy (non-hydrogen) atoms. The smallest absolute Gasteiger partial charge is 0.165 e. The van der Waals surface area contributed by atoms with Gasteiger partial charge in [-0.25, -0.2) is 4.39 Å². The molecule has 0 heterocycles. The molecule has 0 fully saturated rings. The van der Waals surface area contributed by atoms with Crippen molar-refractivity contribution in [1.82, 2.24) is 0 Å². The second-order valence-electron chi connectivity index (χ2n) is 5.57. The third-order valence-corrected chi connectivity index (χ3v) is 4.08. The lowest BCUT2D eigenvalue weighted by atomic mass is 9.97. The molecule has 0 aliphatic heterocycles. The number of fused-ring (bicyclic) bond motifs is 1. The number of hydrogen-bond donors (Lipinski definition) is 2. The average molecular weight is 287 g/mol. The Morgan fingerprint density at radius 1 is 1.29 bits per heavy atom. The number of ether oxygens (including phenoxy) is 1. The number of rotatable bonds is 3. The Balaban J connectivity index is 2.03. The maximum absolute atomic E-state index is 14.0. The maximum atomic E-state index is 14.0. The van der Waals surface area contributed by atoms with Gasteiger partial charge in [-0.2, -0.15) is 0 Å². The lowest BCUT2D eigenvalue weighted by Gasteiger charge is -2.30. The normalized spacial score (nSPS) is 23.9. The van der Waals surface area contributed by atoms with Crippen LogP contribution in [0.25, 0.3) is 0 Å². The summed E-state index contributed by atoms with van der Waals surface area (Å²) in [5, 5.41) is 10.8. The van der Waals surface area contributed by atoms with Crippen molar-refractivity contribution in [3.63, 3.8) is 0 Å². The molecule has 1 aliphatic carbocycles. The number of para-hydroxylation sites is 1. The number of hydrogen-bond acceptors (Lipinski definition) is 3. The predicted molar refractivity (Wildman–Crippen MR) is 78.7 cm³/mol. The van der Waals surface area contributed by atoms with Gasteiger partial charge >= 0.3 is 0 Å². The average Bonchev–Trinajstić information content (AvgIpc) is 2.76. The van der Waals surface area contributed by atoms with Gasteiger partial charge in [-0.05, 0) is 29.7 Å². The van der Waals surface area contributed by atoms with E-state index in [1.807, 2.05) is 24.3 Å². The molecule has 1 aliphatic rings. The summed E-state index contributed by atoms with van der Waals surface area (Å²) in [7, 11) is 0. The van der Waals surface area contributed by atoms with E-state index in [4.69, 9.17) is 10.5 Å². The zero-order valence-corrected chi connectivity index (χ0v) is 11.8. The number of aliphatic hydroxyl groups is 1. The van der Waals surface area contributed by atoms with Crippen LogP contribution < -0.4 is 10.5 Å². The maximum Gasteiger partial charge on any atom is 0.165 e. The molecule has 2 aromatic carbocycles. The highest BCUT2D eigenvalue weighted by atomic mass is 19.1. The lowest BCUT2D eigenvalue weighted by Crippen LogP contribution is -2.44. The Kier molecular flexibility index (Phi) is 3.43. The third kappa shape index (κ3) is 2.30. The zero-order chi connectivity index (χ0) is 15.0. The molecule has 2 aromatic rings. The van der Waals surface area contributed by atoms with Crippen molar-refractivity contribution < 1.29 is 14.2 Å². The van der Waals surface area contributed by atoms with E-state index >= 15 is 0 Å². The Labute approximate surface area is 123 Å². The lowest BCUT2D eigenvalue weighted by molar-refractivity contribution is -0.0453. The SMILES string of the molecule is Cc1cccc(F)c1OC1c2ccccc2CC1(O)CN. The van der Waals surface area contributed by atoms with Crippen LogP contribution in [0.15, 0.2) is 42.5 Å². The molecule has 3 N–H and O–H groups in total. The molecule has 0 spiro atoms. The monoisotopic (exact) mass is 287 g/mol. The second-order valence-corrected chi connectivity index (χ2v) is 5.57. The van der Waals surface area contributed by atoms with E-state index in [1.54, 1.807) is 19.1 Å². The molecule has 3 rings (SSSR count). The van der Waals surface area contributed by atoms with E-state index in [-0.39, 0.29) is 12.3 Å². The van der Waals surface area contributed by atoms with Crippen LogP contribution in [0.3, 0.4) is 0 Å². The highest BCUT2D eigenvalue weighted by molar-refractivity contribution is 5.41. The molecule has 0 amide bonds. The van der Waals surface area contributed by atoms with E-state index in [9.17, 15) is 9.50 Å². The number of halogens is 1. The topological polar surface area (TPSA) is 55.5 Å². The van der Waals surface area contributed by atoms with E-state index in [2.05, 4.69) is 0 Å². The van der Waals surface area contributed by atoms with Crippen LogP contribution in [-0.4, -0.2) is 17.3 Å². The molecule has 0 saturated heterocycles. The van der Waals surface area contributed by atoms with Gasteiger partial charge in [0.25, 0.3) is 0 Å². The summed E-state index contributed by atoms with van der Waals surface area (Å²) in [5.41, 5.74) is 7.09. The van der Waals surface area contributed by atoms with E-state index in [0.29, 0.717) is 12.0 Å². The minimum Gasteiger partial charge on any atom is -0.479 e. The van der Waals surface area contributed by atoms with Crippen molar-refractivity contribution >= 4 is 0 Å². The first-order valence-corrected chi connectivity index (χ1v) is 6.97. The third-order valence-electron chi connectivity index (χ3n) is 4.08. The molecule has 2 atom stereocenters. The standard InChI is InChI=1S/C17H18FNO2/c1-11-5-4-8-14(18)15(11)21-16-13-7-3-2-6-12(13)9-17(16,20)10-19/h2-8,16,20H,9-10,19H2,1H3. The Morgan fingerprint density at radius 3 is 2.76 bits per heavy atom. The van der Waals surface area contributed by atoms with Crippen LogP contribution in [0.5, 0.6) is 5.75 Å². The van der Waals surface area contributed by atoms with Crippen LogP contribution in [0, 0.1) is 12.7 Å². The van der Waals surface area contributed by atoms with Gasteiger partial charge in [0.1, 0.15) is 5.60 Å². The summed E-state index contributed by atoms with van der Waals surface area (Å²) < 4.78 is 19.9. The van der Waals surface area contributed by atoms with Gasteiger partial charge in [0.05, 0.1) is 0 Å². The fourth-order valence-corrected chi connectivity index (χ4v) is 2.90.